The Morgan fingerprint density at radius 3 is 1.23 bits per heavy atom. The highest BCUT2D eigenvalue weighted by atomic mass is 14.2. The largest absolute Gasteiger partial charge is 0.0654 e. The summed E-state index contributed by atoms with van der Waals surface area (Å²) in [6, 6.07) is 11.2. The zero-order valence-corrected chi connectivity index (χ0v) is 20.8. The molecule has 0 saturated carbocycles. The fourth-order valence-corrected chi connectivity index (χ4v) is 4.78. The molecule has 0 N–H and O–H groups in total. The third-order valence-electron chi connectivity index (χ3n) is 6.80. The van der Waals surface area contributed by atoms with Gasteiger partial charge >= 0.3 is 0 Å². The normalized spacial score (nSPS) is 12.3. The lowest BCUT2D eigenvalue weighted by atomic mass is 9.88. The monoisotopic (exact) mass is 414 g/mol. The van der Waals surface area contributed by atoms with Gasteiger partial charge in [-0.2, -0.15) is 0 Å². The fraction of sp³-hybridized carbons (Fsp3) is 0.800. The highest BCUT2D eigenvalue weighted by Crippen LogP contribution is 2.23. The Kier molecular flexibility index (Phi) is 19.5. The van der Waals surface area contributed by atoms with Crippen molar-refractivity contribution in [3.8, 4) is 0 Å². The summed E-state index contributed by atoms with van der Waals surface area (Å²) < 4.78 is 0. The van der Waals surface area contributed by atoms with Crippen LogP contribution in [0.1, 0.15) is 148 Å². The quantitative estimate of drug-likeness (QED) is 0.165. The molecule has 0 aliphatic heterocycles. The molecule has 0 aromatic heterocycles. The Morgan fingerprint density at radius 2 is 0.833 bits per heavy atom. The van der Waals surface area contributed by atoms with Gasteiger partial charge in [-0.1, -0.05) is 173 Å². The Bertz CT molecular complexity index is 435. The van der Waals surface area contributed by atoms with Crippen molar-refractivity contribution in [2.45, 2.75) is 149 Å². The molecule has 0 saturated heterocycles. The molecule has 0 heterocycles. The maximum Gasteiger partial charge on any atom is -0.0250 e. The second kappa shape index (κ2) is 21.5. The van der Waals surface area contributed by atoms with E-state index in [0.717, 1.165) is 5.92 Å². The molecule has 30 heavy (non-hydrogen) atoms. The number of benzene rings is 1. The van der Waals surface area contributed by atoms with E-state index in [9.17, 15) is 0 Å². The van der Waals surface area contributed by atoms with Crippen LogP contribution in [-0.4, -0.2) is 0 Å². The molecule has 0 bridgehead atoms. The molecule has 0 heteroatoms. The van der Waals surface area contributed by atoms with Crippen molar-refractivity contribution in [1.82, 2.24) is 0 Å². The minimum Gasteiger partial charge on any atom is -0.0654 e. The van der Waals surface area contributed by atoms with Gasteiger partial charge in [0.1, 0.15) is 0 Å². The van der Waals surface area contributed by atoms with Crippen LogP contribution in [0.2, 0.25) is 0 Å². The lowest BCUT2D eigenvalue weighted by molar-refractivity contribution is 0.400. The summed E-state index contributed by atoms with van der Waals surface area (Å²) in [6.45, 7) is 4.61. The molecule has 0 aliphatic rings. The summed E-state index contributed by atoms with van der Waals surface area (Å²) in [4.78, 5) is 0. The van der Waals surface area contributed by atoms with E-state index >= 15 is 0 Å². The Labute approximate surface area is 190 Å². The lowest BCUT2D eigenvalue weighted by Gasteiger charge is -2.17. The van der Waals surface area contributed by atoms with Gasteiger partial charge < -0.3 is 0 Å². The van der Waals surface area contributed by atoms with Crippen LogP contribution in [0, 0.1) is 5.92 Å². The zero-order chi connectivity index (χ0) is 21.5. The van der Waals surface area contributed by atoms with Gasteiger partial charge in [0, 0.05) is 0 Å². The van der Waals surface area contributed by atoms with Crippen LogP contribution >= 0.6 is 0 Å². The minimum atomic E-state index is 0.904. The van der Waals surface area contributed by atoms with Crippen LogP contribution in [0.4, 0.5) is 0 Å². The van der Waals surface area contributed by atoms with Crippen LogP contribution in [0.15, 0.2) is 30.3 Å². The van der Waals surface area contributed by atoms with E-state index in [4.69, 9.17) is 0 Å². The number of hydrogen-bond acceptors (Lipinski definition) is 0. The average molecular weight is 415 g/mol. The topological polar surface area (TPSA) is 0 Å². The average Bonchev–Trinajstić information content (AvgIpc) is 2.77. The molecular formula is C30H54. The molecule has 0 radical (unpaired) electrons. The van der Waals surface area contributed by atoms with Crippen LogP contribution in [0.25, 0.3) is 0 Å². The molecule has 0 aliphatic carbocycles. The van der Waals surface area contributed by atoms with E-state index in [-0.39, 0.29) is 0 Å². The van der Waals surface area contributed by atoms with Crippen molar-refractivity contribution >= 4 is 0 Å². The SMILES string of the molecule is CCCCCCCCCCCCCC(CCCCCCCCC)Cc1ccccc1. The molecule has 174 valence electrons. The van der Waals surface area contributed by atoms with Gasteiger partial charge in [0.05, 0.1) is 0 Å². The first-order valence-electron chi connectivity index (χ1n) is 13.9. The van der Waals surface area contributed by atoms with Crippen molar-refractivity contribution in [1.29, 1.82) is 0 Å². The molecule has 1 unspecified atom stereocenters. The van der Waals surface area contributed by atoms with E-state index < -0.39 is 0 Å². The van der Waals surface area contributed by atoms with Gasteiger partial charge in [-0.05, 0) is 17.9 Å². The van der Waals surface area contributed by atoms with E-state index in [1.54, 1.807) is 5.56 Å². The van der Waals surface area contributed by atoms with Gasteiger partial charge in [0.25, 0.3) is 0 Å². The van der Waals surface area contributed by atoms with Crippen LogP contribution in [0.3, 0.4) is 0 Å². The Hall–Kier alpha value is -0.780. The van der Waals surface area contributed by atoms with Crippen molar-refractivity contribution < 1.29 is 0 Å². The number of rotatable bonds is 22. The van der Waals surface area contributed by atoms with Gasteiger partial charge in [-0.15, -0.1) is 0 Å². The van der Waals surface area contributed by atoms with Crippen LogP contribution in [0.5, 0.6) is 0 Å². The highest BCUT2D eigenvalue weighted by Gasteiger charge is 2.10. The van der Waals surface area contributed by atoms with Crippen LogP contribution in [-0.2, 0) is 6.42 Å². The van der Waals surface area contributed by atoms with Gasteiger partial charge in [-0.3, -0.25) is 0 Å². The van der Waals surface area contributed by atoms with Gasteiger partial charge in [-0.25, -0.2) is 0 Å². The van der Waals surface area contributed by atoms with Gasteiger partial charge in [0.15, 0.2) is 0 Å². The maximum atomic E-state index is 2.33. The van der Waals surface area contributed by atoms with Crippen molar-refractivity contribution in [2.24, 2.45) is 5.92 Å². The summed E-state index contributed by atoms with van der Waals surface area (Å²) in [5.74, 6) is 0.904. The molecule has 0 fully saturated rings. The summed E-state index contributed by atoms with van der Waals surface area (Å²) in [5, 5.41) is 0. The summed E-state index contributed by atoms with van der Waals surface area (Å²) in [7, 11) is 0. The predicted molar refractivity (Wildman–Crippen MR) is 137 cm³/mol. The molecule has 1 aromatic rings. The molecule has 1 rings (SSSR count). The minimum absolute atomic E-state index is 0.904. The van der Waals surface area contributed by atoms with Crippen molar-refractivity contribution in [2.75, 3.05) is 0 Å². The summed E-state index contributed by atoms with van der Waals surface area (Å²) in [5.41, 5.74) is 1.55. The second-order valence-electron chi connectivity index (χ2n) is 9.79. The Balaban J connectivity index is 2.12. The van der Waals surface area contributed by atoms with E-state index in [1.165, 1.54) is 135 Å². The van der Waals surface area contributed by atoms with Crippen molar-refractivity contribution in [3.63, 3.8) is 0 Å². The summed E-state index contributed by atoms with van der Waals surface area (Å²) >= 11 is 0. The summed E-state index contributed by atoms with van der Waals surface area (Å²) in [6.07, 6.45) is 30.2. The van der Waals surface area contributed by atoms with Gasteiger partial charge in [0.2, 0.25) is 0 Å². The standard InChI is InChI=1S/C30H54/c1-3-5-7-9-11-12-13-14-16-18-21-25-29(28-30-26-22-19-23-27-30)24-20-17-15-10-8-6-4-2/h19,22-23,26-27,29H,3-18,20-21,24-25,28H2,1-2H3. The first-order valence-corrected chi connectivity index (χ1v) is 13.9. The predicted octanol–water partition coefficient (Wildman–Crippen LogP) is 10.7. The number of hydrogen-bond donors (Lipinski definition) is 0. The number of unbranched alkanes of at least 4 members (excludes halogenated alkanes) is 16. The third kappa shape index (κ3) is 17.0. The zero-order valence-electron chi connectivity index (χ0n) is 20.8. The second-order valence-corrected chi connectivity index (χ2v) is 9.79. The van der Waals surface area contributed by atoms with Crippen molar-refractivity contribution in [3.05, 3.63) is 35.9 Å². The Morgan fingerprint density at radius 1 is 0.467 bits per heavy atom. The fourth-order valence-electron chi connectivity index (χ4n) is 4.78. The maximum absolute atomic E-state index is 2.33. The molecule has 0 spiro atoms. The first kappa shape index (κ1) is 27.3. The lowest BCUT2D eigenvalue weighted by Crippen LogP contribution is -2.05. The smallest absolute Gasteiger partial charge is 0.0250 e. The highest BCUT2D eigenvalue weighted by molar-refractivity contribution is 5.15. The third-order valence-corrected chi connectivity index (χ3v) is 6.80. The molecule has 1 atom stereocenters. The van der Waals surface area contributed by atoms with E-state index in [1.807, 2.05) is 0 Å². The first-order chi connectivity index (χ1) is 14.9. The molecule has 0 amide bonds. The molecule has 0 nitrogen and oxygen atoms in total. The van der Waals surface area contributed by atoms with E-state index in [0.29, 0.717) is 0 Å². The van der Waals surface area contributed by atoms with Crippen LogP contribution < -0.4 is 0 Å². The molecular weight excluding hydrogens is 360 g/mol. The van der Waals surface area contributed by atoms with E-state index in [2.05, 4.69) is 44.2 Å². The molecule has 1 aromatic carbocycles.